The van der Waals surface area contributed by atoms with Crippen molar-refractivity contribution in [2.75, 3.05) is 31.1 Å². The lowest BCUT2D eigenvalue weighted by Gasteiger charge is -2.34. The molecule has 1 atom stereocenters. The normalized spacial score (nSPS) is 22.8. The van der Waals surface area contributed by atoms with Gasteiger partial charge < -0.3 is 14.3 Å². The molecule has 0 bridgehead atoms. The van der Waals surface area contributed by atoms with Gasteiger partial charge in [0.25, 0.3) is 0 Å². The van der Waals surface area contributed by atoms with Crippen LogP contribution in [0.2, 0.25) is 0 Å². The molecule has 2 aromatic rings. The maximum atomic E-state index is 13.1. The number of anilines is 1. The summed E-state index contributed by atoms with van der Waals surface area (Å²) >= 11 is 0. The molecule has 2 saturated heterocycles. The highest BCUT2D eigenvalue weighted by Gasteiger charge is 2.33. The molecule has 0 N–H and O–H groups in total. The van der Waals surface area contributed by atoms with Crippen LogP contribution in [0, 0.1) is 12.8 Å². The van der Waals surface area contributed by atoms with Crippen LogP contribution < -0.4 is 4.90 Å². The van der Waals surface area contributed by atoms with Gasteiger partial charge in [-0.15, -0.1) is 0 Å². The first-order valence-electron chi connectivity index (χ1n) is 11.5. The van der Waals surface area contributed by atoms with Crippen molar-refractivity contribution < 1.29 is 9.32 Å². The van der Waals surface area contributed by atoms with Gasteiger partial charge >= 0.3 is 0 Å². The standard InChI is InChI=1S/C23H31N5O2/c1-16-13-20(30-26-16)19-14-24-23(27-10-4-5-11-27)25-21(19)18-9-6-12-28(15-18)22(29)17-7-2-3-8-17/h13-14,17-18H,2-12,15H2,1H3. The molecule has 7 nitrogen and oxygen atoms in total. The van der Waals surface area contributed by atoms with E-state index in [9.17, 15) is 4.79 Å². The quantitative estimate of drug-likeness (QED) is 0.761. The summed E-state index contributed by atoms with van der Waals surface area (Å²) in [5.74, 6) is 2.30. The summed E-state index contributed by atoms with van der Waals surface area (Å²) in [6.07, 6.45) is 10.8. The monoisotopic (exact) mass is 409 g/mol. The summed E-state index contributed by atoms with van der Waals surface area (Å²) in [5.41, 5.74) is 2.77. The van der Waals surface area contributed by atoms with E-state index in [-0.39, 0.29) is 11.8 Å². The first kappa shape index (κ1) is 19.5. The van der Waals surface area contributed by atoms with E-state index in [0.717, 1.165) is 80.5 Å². The third-order valence-corrected chi connectivity index (χ3v) is 6.91. The van der Waals surface area contributed by atoms with E-state index in [4.69, 9.17) is 9.51 Å². The average molecular weight is 410 g/mol. The van der Waals surface area contributed by atoms with Crippen LogP contribution in [0.1, 0.15) is 68.7 Å². The van der Waals surface area contributed by atoms with Crippen molar-refractivity contribution >= 4 is 11.9 Å². The Balaban J connectivity index is 1.45. The van der Waals surface area contributed by atoms with E-state index in [2.05, 4.69) is 19.9 Å². The minimum atomic E-state index is 0.203. The van der Waals surface area contributed by atoms with Crippen LogP contribution in [0.5, 0.6) is 0 Å². The van der Waals surface area contributed by atoms with Gasteiger partial charge in [0, 0.05) is 50.3 Å². The van der Waals surface area contributed by atoms with E-state index >= 15 is 0 Å². The zero-order valence-electron chi connectivity index (χ0n) is 17.8. The fraction of sp³-hybridized carbons (Fsp3) is 0.652. The van der Waals surface area contributed by atoms with Crippen LogP contribution in [0.25, 0.3) is 11.3 Å². The molecule has 1 saturated carbocycles. The predicted octanol–water partition coefficient (Wildman–Crippen LogP) is 3.94. The topological polar surface area (TPSA) is 75.4 Å². The molecule has 2 aliphatic heterocycles. The Morgan fingerprint density at radius 1 is 1.07 bits per heavy atom. The molecular formula is C23H31N5O2. The van der Waals surface area contributed by atoms with E-state index in [1.54, 1.807) is 0 Å². The maximum Gasteiger partial charge on any atom is 0.225 e. The molecule has 4 heterocycles. The lowest BCUT2D eigenvalue weighted by molar-refractivity contribution is -0.136. The van der Waals surface area contributed by atoms with Gasteiger partial charge in [0.05, 0.1) is 17.0 Å². The van der Waals surface area contributed by atoms with Gasteiger partial charge in [-0.05, 0) is 45.4 Å². The molecule has 1 amide bonds. The maximum absolute atomic E-state index is 13.1. The van der Waals surface area contributed by atoms with Crippen molar-refractivity contribution in [2.45, 2.75) is 64.2 Å². The van der Waals surface area contributed by atoms with Gasteiger partial charge in [-0.1, -0.05) is 18.0 Å². The second kappa shape index (κ2) is 8.36. The van der Waals surface area contributed by atoms with Crippen LogP contribution in [0.3, 0.4) is 0 Å². The lowest BCUT2D eigenvalue weighted by Crippen LogP contribution is -2.42. The van der Waals surface area contributed by atoms with Gasteiger partial charge in [-0.25, -0.2) is 9.97 Å². The van der Waals surface area contributed by atoms with Crippen molar-refractivity contribution in [3.8, 4) is 11.3 Å². The van der Waals surface area contributed by atoms with E-state index in [1.807, 2.05) is 19.2 Å². The zero-order valence-corrected chi connectivity index (χ0v) is 17.8. The second-order valence-electron chi connectivity index (χ2n) is 9.10. The van der Waals surface area contributed by atoms with E-state index in [0.29, 0.717) is 5.91 Å². The van der Waals surface area contributed by atoms with Gasteiger partial charge in [-0.2, -0.15) is 0 Å². The Labute approximate surface area is 177 Å². The Hall–Kier alpha value is -2.44. The lowest BCUT2D eigenvalue weighted by atomic mass is 9.90. The van der Waals surface area contributed by atoms with Crippen molar-refractivity contribution in [1.82, 2.24) is 20.0 Å². The van der Waals surface area contributed by atoms with Gasteiger partial charge in [0.2, 0.25) is 11.9 Å². The number of piperidine rings is 1. The van der Waals surface area contributed by atoms with E-state index in [1.165, 1.54) is 25.7 Å². The summed E-state index contributed by atoms with van der Waals surface area (Å²) in [5, 5.41) is 4.07. The first-order chi connectivity index (χ1) is 14.7. The Kier molecular flexibility index (Phi) is 5.44. The number of carbonyl (C=O) groups is 1. The molecule has 2 aromatic heterocycles. The molecule has 30 heavy (non-hydrogen) atoms. The van der Waals surface area contributed by atoms with Crippen LogP contribution in [0.15, 0.2) is 16.8 Å². The van der Waals surface area contributed by atoms with Crippen molar-refractivity contribution in [3.05, 3.63) is 23.7 Å². The third kappa shape index (κ3) is 3.82. The molecule has 0 spiro atoms. The Morgan fingerprint density at radius 2 is 1.87 bits per heavy atom. The molecule has 3 aliphatic rings. The number of amides is 1. The number of aryl methyl sites for hydroxylation is 1. The highest BCUT2D eigenvalue weighted by atomic mass is 16.5. The minimum Gasteiger partial charge on any atom is -0.356 e. The summed E-state index contributed by atoms with van der Waals surface area (Å²) in [6.45, 7) is 5.56. The molecular weight excluding hydrogens is 378 g/mol. The minimum absolute atomic E-state index is 0.203. The van der Waals surface area contributed by atoms with Crippen molar-refractivity contribution in [3.63, 3.8) is 0 Å². The van der Waals surface area contributed by atoms with Gasteiger partial charge in [0.15, 0.2) is 5.76 Å². The number of aromatic nitrogens is 3. The predicted molar refractivity (Wildman–Crippen MR) is 114 cm³/mol. The molecule has 1 unspecified atom stereocenters. The first-order valence-corrected chi connectivity index (χ1v) is 11.5. The zero-order chi connectivity index (χ0) is 20.5. The number of hydrogen-bond donors (Lipinski definition) is 0. The second-order valence-corrected chi connectivity index (χ2v) is 9.10. The van der Waals surface area contributed by atoms with Crippen molar-refractivity contribution in [2.24, 2.45) is 5.92 Å². The fourth-order valence-corrected chi connectivity index (χ4v) is 5.28. The van der Waals surface area contributed by atoms with E-state index < -0.39 is 0 Å². The number of carbonyl (C=O) groups excluding carboxylic acids is 1. The molecule has 0 radical (unpaired) electrons. The average Bonchev–Trinajstić information content (AvgIpc) is 3.55. The summed E-state index contributed by atoms with van der Waals surface area (Å²) in [7, 11) is 0. The van der Waals surface area contributed by atoms with Crippen LogP contribution >= 0.6 is 0 Å². The molecule has 1 aliphatic carbocycles. The number of hydrogen-bond acceptors (Lipinski definition) is 6. The third-order valence-electron chi connectivity index (χ3n) is 6.91. The van der Waals surface area contributed by atoms with Crippen LogP contribution in [-0.2, 0) is 4.79 Å². The summed E-state index contributed by atoms with van der Waals surface area (Å²) in [6, 6.07) is 1.95. The molecule has 5 rings (SSSR count). The molecule has 0 aromatic carbocycles. The molecule has 3 fully saturated rings. The van der Waals surface area contributed by atoms with Gasteiger partial charge in [0.1, 0.15) is 0 Å². The fourth-order valence-electron chi connectivity index (χ4n) is 5.28. The summed E-state index contributed by atoms with van der Waals surface area (Å²) < 4.78 is 5.58. The SMILES string of the molecule is Cc1cc(-c2cnc(N3CCCC3)nc2C2CCCN(C(=O)C3CCCC3)C2)on1. The van der Waals surface area contributed by atoms with Crippen LogP contribution in [-0.4, -0.2) is 52.1 Å². The summed E-state index contributed by atoms with van der Waals surface area (Å²) in [4.78, 5) is 27.1. The highest BCUT2D eigenvalue weighted by molar-refractivity contribution is 5.79. The largest absolute Gasteiger partial charge is 0.356 e. The van der Waals surface area contributed by atoms with Crippen molar-refractivity contribution in [1.29, 1.82) is 0 Å². The molecule has 160 valence electrons. The Bertz CT molecular complexity index is 899. The Morgan fingerprint density at radius 3 is 2.60 bits per heavy atom. The molecule has 7 heteroatoms. The number of likely N-dealkylation sites (tertiary alicyclic amines) is 1. The number of nitrogens with zero attached hydrogens (tertiary/aromatic N) is 5. The van der Waals surface area contributed by atoms with Gasteiger partial charge in [-0.3, -0.25) is 4.79 Å². The smallest absolute Gasteiger partial charge is 0.225 e. The highest BCUT2D eigenvalue weighted by Crippen LogP contribution is 2.36. The van der Waals surface area contributed by atoms with Crippen LogP contribution in [0.4, 0.5) is 5.95 Å². The number of rotatable bonds is 4.